The molecule has 0 aliphatic heterocycles. The highest BCUT2D eigenvalue weighted by atomic mass is 79.9. The molecule has 0 fully saturated rings. The number of rotatable bonds is 6. The molecular weight excluding hydrogens is 332 g/mol. The van der Waals surface area contributed by atoms with E-state index in [9.17, 15) is 0 Å². The van der Waals surface area contributed by atoms with Crippen LogP contribution >= 0.6 is 15.9 Å². The van der Waals surface area contributed by atoms with Gasteiger partial charge in [-0.05, 0) is 40.5 Å². The highest BCUT2D eigenvalue weighted by Gasteiger charge is 2.12. The molecule has 5 heteroatoms. The second-order valence-corrected chi connectivity index (χ2v) is 5.64. The minimum Gasteiger partial charge on any atom is -0.497 e. The lowest BCUT2D eigenvalue weighted by atomic mass is 10.1. The van der Waals surface area contributed by atoms with Gasteiger partial charge in [-0.1, -0.05) is 6.07 Å². The Morgan fingerprint density at radius 3 is 2.67 bits per heavy atom. The number of ether oxygens (including phenoxy) is 2. The predicted molar refractivity (Wildman–Crippen MR) is 86.7 cm³/mol. The van der Waals surface area contributed by atoms with E-state index in [0.29, 0.717) is 0 Å². The Kier molecular flexibility index (Phi) is 5.59. The van der Waals surface area contributed by atoms with E-state index in [4.69, 9.17) is 9.47 Å². The third-order valence-electron chi connectivity index (χ3n) is 3.28. The zero-order valence-corrected chi connectivity index (χ0v) is 14.0. The zero-order chi connectivity index (χ0) is 15.2. The van der Waals surface area contributed by atoms with Crippen molar-refractivity contribution in [3.8, 4) is 11.5 Å². The summed E-state index contributed by atoms with van der Waals surface area (Å²) in [4.78, 5) is 4.16. The molecule has 2 rings (SSSR count). The standard InChI is InChI=1S/C16H19BrN2O2/c1-11(19-9-12-6-13(17)10-18-8-12)15-5-4-14(20-2)7-16(15)21-3/h4-8,10-11,19H,9H2,1-3H3. The fraction of sp³-hybridized carbons (Fsp3) is 0.312. The highest BCUT2D eigenvalue weighted by Crippen LogP contribution is 2.29. The van der Waals surface area contributed by atoms with Crippen molar-refractivity contribution in [1.82, 2.24) is 10.3 Å². The maximum Gasteiger partial charge on any atom is 0.127 e. The topological polar surface area (TPSA) is 43.4 Å². The molecule has 21 heavy (non-hydrogen) atoms. The second-order valence-electron chi connectivity index (χ2n) is 4.72. The van der Waals surface area contributed by atoms with E-state index in [1.54, 1.807) is 20.4 Å². The molecule has 0 aliphatic rings. The van der Waals surface area contributed by atoms with Crippen LogP contribution < -0.4 is 14.8 Å². The van der Waals surface area contributed by atoms with Gasteiger partial charge >= 0.3 is 0 Å². The van der Waals surface area contributed by atoms with Crippen molar-refractivity contribution in [2.45, 2.75) is 19.5 Å². The molecule has 1 aromatic heterocycles. The largest absolute Gasteiger partial charge is 0.497 e. The number of pyridine rings is 1. The zero-order valence-electron chi connectivity index (χ0n) is 12.4. The summed E-state index contributed by atoms with van der Waals surface area (Å²) in [5.41, 5.74) is 2.23. The van der Waals surface area contributed by atoms with Crippen LogP contribution in [0.4, 0.5) is 0 Å². The van der Waals surface area contributed by atoms with Crippen LogP contribution in [0, 0.1) is 0 Å². The van der Waals surface area contributed by atoms with Gasteiger partial charge in [0, 0.05) is 41.1 Å². The molecule has 0 bridgehead atoms. The lowest BCUT2D eigenvalue weighted by Crippen LogP contribution is -2.18. The molecule has 0 saturated heterocycles. The van der Waals surface area contributed by atoms with E-state index >= 15 is 0 Å². The molecule has 0 spiro atoms. The molecule has 1 aromatic carbocycles. The Morgan fingerprint density at radius 1 is 1.19 bits per heavy atom. The number of hydrogen-bond donors (Lipinski definition) is 1. The van der Waals surface area contributed by atoms with Gasteiger partial charge in [0.15, 0.2) is 0 Å². The highest BCUT2D eigenvalue weighted by molar-refractivity contribution is 9.10. The predicted octanol–water partition coefficient (Wildman–Crippen LogP) is 3.71. The average Bonchev–Trinajstić information content (AvgIpc) is 2.52. The Bertz CT molecular complexity index is 605. The van der Waals surface area contributed by atoms with Gasteiger partial charge in [0.05, 0.1) is 14.2 Å². The first-order valence-corrected chi connectivity index (χ1v) is 7.48. The van der Waals surface area contributed by atoms with Gasteiger partial charge < -0.3 is 14.8 Å². The van der Waals surface area contributed by atoms with Gasteiger partial charge in [0.25, 0.3) is 0 Å². The first-order valence-electron chi connectivity index (χ1n) is 6.68. The van der Waals surface area contributed by atoms with Crippen LogP contribution in [-0.4, -0.2) is 19.2 Å². The minimum absolute atomic E-state index is 0.157. The number of halogens is 1. The molecule has 0 amide bonds. The summed E-state index contributed by atoms with van der Waals surface area (Å²) >= 11 is 3.43. The summed E-state index contributed by atoms with van der Waals surface area (Å²) in [5.74, 6) is 1.61. The lowest BCUT2D eigenvalue weighted by Gasteiger charge is -2.18. The quantitative estimate of drug-likeness (QED) is 0.862. The molecule has 2 aromatic rings. The molecule has 1 heterocycles. The Morgan fingerprint density at radius 2 is 2.00 bits per heavy atom. The van der Waals surface area contributed by atoms with Gasteiger partial charge in [0.2, 0.25) is 0 Å². The fourth-order valence-corrected chi connectivity index (χ4v) is 2.52. The molecule has 1 N–H and O–H groups in total. The second kappa shape index (κ2) is 7.43. The van der Waals surface area contributed by atoms with Crippen LogP contribution in [0.3, 0.4) is 0 Å². The SMILES string of the molecule is COc1ccc(C(C)NCc2cncc(Br)c2)c(OC)c1. The van der Waals surface area contributed by atoms with Crippen LogP contribution in [0.1, 0.15) is 24.1 Å². The van der Waals surface area contributed by atoms with Crippen LogP contribution in [0.5, 0.6) is 11.5 Å². The Balaban J connectivity index is 2.07. The average molecular weight is 351 g/mol. The maximum absolute atomic E-state index is 5.44. The van der Waals surface area contributed by atoms with Gasteiger partial charge in [0.1, 0.15) is 11.5 Å². The van der Waals surface area contributed by atoms with E-state index in [-0.39, 0.29) is 6.04 Å². The van der Waals surface area contributed by atoms with Crippen molar-refractivity contribution in [2.75, 3.05) is 14.2 Å². The Labute approximate surface area is 133 Å². The number of hydrogen-bond acceptors (Lipinski definition) is 4. The molecule has 0 radical (unpaired) electrons. The summed E-state index contributed by atoms with van der Waals surface area (Å²) < 4.78 is 11.6. The van der Waals surface area contributed by atoms with Crippen molar-refractivity contribution in [2.24, 2.45) is 0 Å². The van der Waals surface area contributed by atoms with Crippen LogP contribution in [0.2, 0.25) is 0 Å². The molecule has 0 saturated carbocycles. The molecule has 0 aliphatic carbocycles. The normalized spacial score (nSPS) is 12.0. The van der Waals surface area contributed by atoms with Crippen molar-refractivity contribution in [1.29, 1.82) is 0 Å². The lowest BCUT2D eigenvalue weighted by molar-refractivity contribution is 0.385. The molecule has 112 valence electrons. The van der Waals surface area contributed by atoms with E-state index in [0.717, 1.165) is 33.6 Å². The fourth-order valence-electron chi connectivity index (χ4n) is 2.11. The number of aromatic nitrogens is 1. The number of methoxy groups -OCH3 is 2. The molecule has 4 nitrogen and oxygen atoms in total. The van der Waals surface area contributed by atoms with Crippen molar-refractivity contribution in [3.05, 3.63) is 52.3 Å². The number of nitrogens with zero attached hydrogens (tertiary/aromatic N) is 1. The summed E-state index contributed by atoms with van der Waals surface area (Å²) in [7, 11) is 3.32. The third-order valence-corrected chi connectivity index (χ3v) is 3.71. The van der Waals surface area contributed by atoms with Gasteiger partial charge in [-0.25, -0.2) is 0 Å². The van der Waals surface area contributed by atoms with Gasteiger partial charge in [-0.2, -0.15) is 0 Å². The smallest absolute Gasteiger partial charge is 0.127 e. The maximum atomic E-state index is 5.44. The van der Waals surface area contributed by atoms with E-state index in [1.807, 2.05) is 24.4 Å². The summed E-state index contributed by atoms with van der Waals surface area (Å²) in [6.07, 6.45) is 3.63. The number of nitrogens with one attached hydrogen (secondary N) is 1. The van der Waals surface area contributed by atoms with Gasteiger partial charge in [-0.15, -0.1) is 0 Å². The van der Waals surface area contributed by atoms with E-state index in [1.165, 1.54) is 0 Å². The van der Waals surface area contributed by atoms with Crippen molar-refractivity contribution >= 4 is 15.9 Å². The first-order chi connectivity index (χ1) is 10.1. The van der Waals surface area contributed by atoms with Crippen molar-refractivity contribution in [3.63, 3.8) is 0 Å². The van der Waals surface area contributed by atoms with Crippen LogP contribution in [0.15, 0.2) is 41.1 Å². The third kappa shape index (κ3) is 4.19. The van der Waals surface area contributed by atoms with Crippen molar-refractivity contribution < 1.29 is 9.47 Å². The molecule has 1 atom stereocenters. The summed E-state index contributed by atoms with van der Waals surface area (Å²) in [6.45, 7) is 2.85. The van der Waals surface area contributed by atoms with Crippen LogP contribution in [-0.2, 0) is 6.54 Å². The Hall–Kier alpha value is -1.59. The monoisotopic (exact) mass is 350 g/mol. The van der Waals surface area contributed by atoms with Gasteiger partial charge in [-0.3, -0.25) is 4.98 Å². The first kappa shape index (κ1) is 15.8. The van der Waals surface area contributed by atoms with E-state index < -0.39 is 0 Å². The molecular formula is C16H19BrN2O2. The van der Waals surface area contributed by atoms with E-state index in [2.05, 4.69) is 39.2 Å². The summed E-state index contributed by atoms with van der Waals surface area (Å²) in [6, 6.07) is 8.07. The summed E-state index contributed by atoms with van der Waals surface area (Å²) in [5, 5.41) is 3.47. The minimum atomic E-state index is 0.157. The van der Waals surface area contributed by atoms with Crippen LogP contribution in [0.25, 0.3) is 0 Å². The molecule has 1 unspecified atom stereocenters. The number of benzene rings is 1.